The van der Waals surface area contributed by atoms with Crippen LogP contribution in [-0.2, 0) is 11.3 Å². The fourth-order valence-electron chi connectivity index (χ4n) is 2.60. The van der Waals surface area contributed by atoms with Crippen LogP contribution in [0.25, 0.3) is 11.5 Å². The van der Waals surface area contributed by atoms with Gasteiger partial charge in [0, 0.05) is 0 Å². The van der Waals surface area contributed by atoms with Crippen molar-refractivity contribution in [1.82, 2.24) is 10.2 Å². The van der Waals surface area contributed by atoms with Crippen molar-refractivity contribution in [2.75, 3.05) is 13.7 Å². The highest BCUT2D eigenvalue weighted by Crippen LogP contribution is 2.36. The molecule has 0 saturated heterocycles. The van der Waals surface area contributed by atoms with Crippen LogP contribution in [0.4, 0.5) is 0 Å². The number of ether oxygens (including phenoxy) is 3. The van der Waals surface area contributed by atoms with E-state index in [9.17, 15) is 4.79 Å². The third kappa shape index (κ3) is 4.12. The number of rotatable bonds is 7. The van der Waals surface area contributed by atoms with E-state index < -0.39 is 5.97 Å². The number of carbonyl (C=O) groups is 1. The van der Waals surface area contributed by atoms with Gasteiger partial charge in [-0.2, -0.15) is 0 Å². The normalized spacial score (nSPS) is 10.8. The van der Waals surface area contributed by atoms with Crippen LogP contribution in [-0.4, -0.2) is 29.9 Å². The second-order valence-corrected chi connectivity index (χ2v) is 6.23. The van der Waals surface area contributed by atoms with E-state index in [0.29, 0.717) is 35.3 Å². The van der Waals surface area contributed by atoms with Gasteiger partial charge in [0.25, 0.3) is 11.8 Å². The Morgan fingerprint density at radius 3 is 2.61 bits per heavy atom. The van der Waals surface area contributed by atoms with Crippen LogP contribution in [0.15, 0.2) is 27.0 Å². The van der Waals surface area contributed by atoms with Crippen molar-refractivity contribution < 1.29 is 27.8 Å². The molecular weight excluding hydrogens is 388 g/mol. The summed E-state index contributed by atoms with van der Waals surface area (Å²) in [7, 11) is 1.46. The third-order valence-corrected chi connectivity index (χ3v) is 4.10. The van der Waals surface area contributed by atoms with Gasteiger partial charge in [0.1, 0.15) is 11.5 Å². The Morgan fingerprint density at radius 2 is 1.96 bits per heavy atom. The Balaban J connectivity index is 1.71. The molecule has 0 bridgehead atoms. The molecule has 0 spiro atoms. The van der Waals surface area contributed by atoms with Crippen molar-refractivity contribution in [1.29, 1.82) is 0 Å². The zero-order valence-electron chi connectivity index (χ0n) is 15.9. The fraction of sp³-hybridized carbons (Fsp3) is 0.316. The maximum absolute atomic E-state index is 12.4. The molecule has 0 aliphatic carbocycles. The summed E-state index contributed by atoms with van der Waals surface area (Å²) < 4.78 is 26.9. The molecule has 28 heavy (non-hydrogen) atoms. The molecule has 0 fully saturated rings. The number of hydrogen-bond acceptors (Lipinski definition) is 8. The average Bonchev–Trinajstić information content (AvgIpc) is 3.26. The van der Waals surface area contributed by atoms with Gasteiger partial charge in [-0.25, -0.2) is 4.79 Å². The molecule has 2 aromatic heterocycles. The highest BCUT2D eigenvalue weighted by atomic mass is 35.5. The average molecular weight is 407 g/mol. The van der Waals surface area contributed by atoms with Gasteiger partial charge in [-0.3, -0.25) is 0 Å². The second-order valence-electron chi connectivity index (χ2n) is 5.83. The minimum atomic E-state index is -0.613. The molecule has 0 radical (unpaired) electrons. The van der Waals surface area contributed by atoms with Gasteiger partial charge in [-0.15, -0.1) is 10.2 Å². The zero-order valence-corrected chi connectivity index (χ0v) is 16.6. The molecule has 9 heteroatoms. The standard InChI is InChI=1S/C19H19ClN2O6/c1-5-25-17-14(20)7-12(8-15(17)24-4)19(23)26-9-16-21-22-18(28-16)13-6-10(2)27-11(13)3/h6-8H,5,9H2,1-4H3. The number of carbonyl (C=O) groups excluding carboxylic acids is 1. The Bertz CT molecular complexity index is 994. The summed E-state index contributed by atoms with van der Waals surface area (Å²) in [6.45, 7) is 5.67. The zero-order chi connectivity index (χ0) is 20.3. The molecule has 0 amide bonds. The molecule has 0 unspecified atom stereocenters. The van der Waals surface area contributed by atoms with Crippen LogP contribution >= 0.6 is 11.6 Å². The van der Waals surface area contributed by atoms with Gasteiger partial charge < -0.3 is 23.0 Å². The number of aryl methyl sites for hydroxylation is 2. The van der Waals surface area contributed by atoms with Gasteiger partial charge >= 0.3 is 5.97 Å². The van der Waals surface area contributed by atoms with Crippen molar-refractivity contribution >= 4 is 17.6 Å². The topological polar surface area (TPSA) is 96.8 Å². The summed E-state index contributed by atoms with van der Waals surface area (Å²) in [5.41, 5.74) is 0.914. The van der Waals surface area contributed by atoms with E-state index in [2.05, 4.69) is 10.2 Å². The maximum Gasteiger partial charge on any atom is 0.338 e. The first-order valence-corrected chi connectivity index (χ1v) is 8.88. The van der Waals surface area contributed by atoms with E-state index in [0.717, 1.165) is 5.76 Å². The van der Waals surface area contributed by atoms with Crippen molar-refractivity contribution in [3.8, 4) is 23.0 Å². The van der Waals surface area contributed by atoms with Crippen LogP contribution in [0.3, 0.4) is 0 Å². The van der Waals surface area contributed by atoms with Crippen molar-refractivity contribution in [3.05, 3.63) is 46.2 Å². The number of esters is 1. The highest BCUT2D eigenvalue weighted by Gasteiger charge is 2.19. The number of halogens is 1. The number of benzene rings is 1. The monoisotopic (exact) mass is 406 g/mol. The van der Waals surface area contributed by atoms with E-state index in [1.54, 1.807) is 13.0 Å². The Hall–Kier alpha value is -3.00. The second kappa shape index (κ2) is 8.35. The highest BCUT2D eigenvalue weighted by molar-refractivity contribution is 6.32. The van der Waals surface area contributed by atoms with Crippen LogP contribution < -0.4 is 9.47 Å². The predicted octanol–water partition coefficient (Wildman–Crippen LogP) is 4.36. The lowest BCUT2D eigenvalue weighted by molar-refractivity contribution is 0.0438. The molecule has 3 rings (SSSR count). The van der Waals surface area contributed by atoms with Crippen LogP contribution in [0.5, 0.6) is 11.5 Å². The Kier molecular flexibility index (Phi) is 5.89. The minimum Gasteiger partial charge on any atom is -0.493 e. The lowest BCUT2D eigenvalue weighted by Crippen LogP contribution is -2.07. The summed E-state index contributed by atoms with van der Waals surface area (Å²) >= 11 is 6.18. The molecule has 3 aromatic rings. The van der Waals surface area contributed by atoms with E-state index >= 15 is 0 Å². The number of hydrogen-bond donors (Lipinski definition) is 0. The molecule has 1 aromatic carbocycles. The summed E-state index contributed by atoms with van der Waals surface area (Å²) in [5.74, 6) is 1.96. The summed E-state index contributed by atoms with van der Waals surface area (Å²) in [5, 5.41) is 8.10. The molecule has 0 atom stereocenters. The quantitative estimate of drug-likeness (QED) is 0.534. The summed E-state index contributed by atoms with van der Waals surface area (Å²) in [6, 6.07) is 4.75. The third-order valence-electron chi connectivity index (χ3n) is 3.82. The van der Waals surface area contributed by atoms with E-state index in [-0.39, 0.29) is 23.1 Å². The van der Waals surface area contributed by atoms with Crippen LogP contribution in [0.2, 0.25) is 5.02 Å². The smallest absolute Gasteiger partial charge is 0.338 e. The fourth-order valence-corrected chi connectivity index (χ4v) is 2.86. The largest absolute Gasteiger partial charge is 0.493 e. The van der Waals surface area contributed by atoms with Gasteiger partial charge in [0.05, 0.1) is 29.9 Å². The summed E-state index contributed by atoms with van der Waals surface area (Å²) in [4.78, 5) is 12.4. The molecule has 0 saturated carbocycles. The number of nitrogens with zero attached hydrogens (tertiary/aromatic N) is 2. The lowest BCUT2D eigenvalue weighted by atomic mass is 10.2. The SMILES string of the molecule is CCOc1c(Cl)cc(C(=O)OCc2nnc(-c3cc(C)oc3C)o2)cc1OC. The number of aromatic nitrogens is 2. The van der Waals surface area contributed by atoms with Gasteiger partial charge in [0.2, 0.25) is 0 Å². The first kappa shape index (κ1) is 19.8. The Morgan fingerprint density at radius 1 is 1.18 bits per heavy atom. The van der Waals surface area contributed by atoms with Crippen LogP contribution in [0.1, 0.15) is 34.7 Å². The molecule has 2 heterocycles. The molecule has 8 nitrogen and oxygen atoms in total. The predicted molar refractivity (Wildman–Crippen MR) is 99.8 cm³/mol. The van der Waals surface area contributed by atoms with Crippen LogP contribution in [0, 0.1) is 13.8 Å². The minimum absolute atomic E-state index is 0.158. The molecule has 0 N–H and O–H groups in total. The maximum atomic E-state index is 12.4. The number of methoxy groups -OCH3 is 1. The molecule has 148 valence electrons. The first-order chi connectivity index (χ1) is 13.4. The van der Waals surface area contributed by atoms with E-state index in [4.69, 9.17) is 34.6 Å². The van der Waals surface area contributed by atoms with Gasteiger partial charge in [0.15, 0.2) is 18.1 Å². The summed E-state index contributed by atoms with van der Waals surface area (Å²) in [6.07, 6.45) is 0. The number of furan rings is 1. The van der Waals surface area contributed by atoms with E-state index in [1.807, 2.05) is 13.8 Å². The molecule has 0 aliphatic heterocycles. The molecular formula is C19H19ClN2O6. The van der Waals surface area contributed by atoms with Crippen molar-refractivity contribution in [2.24, 2.45) is 0 Å². The van der Waals surface area contributed by atoms with Crippen molar-refractivity contribution in [3.63, 3.8) is 0 Å². The van der Waals surface area contributed by atoms with Gasteiger partial charge in [-0.1, -0.05) is 11.6 Å². The Labute approximate surface area is 166 Å². The first-order valence-electron chi connectivity index (χ1n) is 8.50. The van der Waals surface area contributed by atoms with Crippen molar-refractivity contribution in [2.45, 2.75) is 27.4 Å². The van der Waals surface area contributed by atoms with Gasteiger partial charge in [-0.05, 0) is 39.0 Å². The lowest BCUT2D eigenvalue weighted by Gasteiger charge is -2.12. The van der Waals surface area contributed by atoms with E-state index in [1.165, 1.54) is 19.2 Å². The molecule has 0 aliphatic rings.